The molecule has 1 saturated carbocycles. The van der Waals surface area contributed by atoms with Gasteiger partial charge < -0.3 is 5.11 Å². The van der Waals surface area contributed by atoms with E-state index < -0.39 is 56.8 Å². The summed E-state index contributed by atoms with van der Waals surface area (Å²) in [6, 6.07) is 13.8. The normalized spacial score (nSPS) is 33.7. The molecule has 0 bridgehead atoms. The number of halogens is 4. The third-order valence-electron chi connectivity index (χ3n) is 10.5. The monoisotopic (exact) mass is 717 g/mol. The van der Waals surface area contributed by atoms with Crippen LogP contribution in [0.2, 0.25) is 0 Å². The Kier molecular flexibility index (Phi) is 7.66. The van der Waals surface area contributed by atoms with E-state index in [0.717, 1.165) is 30.6 Å². The first-order valence-electron chi connectivity index (χ1n) is 15.1. The summed E-state index contributed by atoms with van der Waals surface area (Å²) in [6.07, 6.45) is 3.13. The van der Waals surface area contributed by atoms with E-state index in [4.69, 9.17) is 23.2 Å². The highest BCUT2D eigenvalue weighted by Crippen LogP contribution is 2.66. The summed E-state index contributed by atoms with van der Waals surface area (Å²) < 4.78 is 14.7. The fraction of sp³-hybridized carbons (Fsp3) is 0.455. The smallest absolute Gasteiger partial charge is 0.254 e. The van der Waals surface area contributed by atoms with Gasteiger partial charge in [-0.1, -0.05) is 70.0 Å². The molecule has 3 heterocycles. The summed E-state index contributed by atoms with van der Waals surface area (Å²) in [4.78, 5) is 56.3. The molecule has 6 atom stereocenters. The number of hydrogen-bond acceptors (Lipinski definition) is 6. The zero-order valence-electron chi connectivity index (χ0n) is 24.2. The van der Waals surface area contributed by atoms with Crippen LogP contribution < -0.4 is 0 Å². The molecule has 2 aromatic rings. The van der Waals surface area contributed by atoms with E-state index in [-0.39, 0.29) is 41.7 Å². The summed E-state index contributed by atoms with van der Waals surface area (Å²) in [5, 5.41) is 10.9. The van der Waals surface area contributed by atoms with Crippen LogP contribution in [0.5, 0.6) is 5.75 Å². The number of fused-ring (bicyclic) bond motifs is 4. The number of rotatable bonds is 5. The van der Waals surface area contributed by atoms with Gasteiger partial charge in [0, 0.05) is 37.2 Å². The maximum atomic E-state index is 14.7. The fourth-order valence-electron chi connectivity index (χ4n) is 8.43. The molecule has 236 valence electrons. The molecular weight excluding hydrogens is 688 g/mol. The molecule has 0 spiro atoms. The number of likely N-dealkylation sites (tertiary alicyclic amines) is 3. The second-order valence-electron chi connectivity index (χ2n) is 12.7. The number of phenolic OH excluding ortho intramolecular Hbond substituents is 1. The molecule has 8 nitrogen and oxygen atoms in total. The molecule has 3 saturated heterocycles. The van der Waals surface area contributed by atoms with Crippen LogP contribution in [0.4, 0.5) is 4.39 Å². The summed E-state index contributed by atoms with van der Waals surface area (Å²) in [5.41, 5.74) is 1.55. The number of nitrogens with zero attached hydrogens (tertiary/aromatic N) is 3. The zero-order chi connectivity index (χ0) is 31.8. The SMILES string of the molecule is O=C1[C@H]2[C@H](CC=C3[C@H]2C[C@@]2(Cl)C(=O)N(CBr)C(=O)[C@@]2(Cl)[C@H]3c2cccc(F)c2O)C(=O)N1C1CCN(Cc2ccccc2)CC1. The van der Waals surface area contributed by atoms with Gasteiger partial charge in [-0.15, -0.1) is 23.2 Å². The van der Waals surface area contributed by atoms with E-state index in [1.807, 2.05) is 18.2 Å². The van der Waals surface area contributed by atoms with Gasteiger partial charge in [-0.3, -0.25) is 33.9 Å². The molecule has 0 radical (unpaired) electrons. The van der Waals surface area contributed by atoms with Crippen LogP contribution in [0.1, 0.15) is 42.7 Å². The van der Waals surface area contributed by atoms with Gasteiger partial charge in [0.1, 0.15) is 0 Å². The minimum absolute atomic E-state index is 0.00131. The maximum absolute atomic E-state index is 14.7. The molecule has 3 aliphatic heterocycles. The average molecular weight is 719 g/mol. The predicted octanol–water partition coefficient (Wildman–Crippen LogP) is 4.91. The maximum Gasteiger partial charge on any atom is 0.254 e. The van der Waals surface area contributed by atoms with Crippen molar-refractivity contribution in [2.75, 3.05) is 18.5 Å². The number of aromatic hydroxyl groups is 1. The van der Waals surface area contributed by atoms with E-state index in [2.05, 4.69) is 33.0 Å². The minimum Gasteiger partial charge on any atom is -0.505 e. The molecular formula is C33H31BrCl2FN3O5. The van der Waals surface area contributed by atoms with Gasteiger partial charge in [0.05, 0.1) is 17.3 Å². The molecule has 2 aliphatic carbocycles. The van der Waals surface area contributed by atoms with Gasteiger partial charge in [0.2, 0.25) is 11.8 Å². The van der Waals surface area contributed by atoms with Crippen molar-refractivity contribution >= 4 is 62.8 Å². The molecule has 5 aliphatic rings. The molecule has 4 fully saturated rings. The largest absolute Gasteiger partial charge is 0.505 e. The molecule has 12 heteroatoms. The fourth-order valence-corrected chi connectivity index (χ4v) is 9.84. The van der Waals surface area contributed by atoms with Crippen LogP contribution in [-0.4, -0.2) is 77.8 Å². The molecule has 1 N–H and O–H groups in total. The highest BCUT2D eigenvalue weighted by molar-refractivity contribution is 9.09. The topological polar surface area (TPSA) is 98.2 Å². The highest BCUT2D eigenvalue weighted by atomic mass is 79.9. The van der Waals surface area contributed by atoms with Crippen LogP contribution in [0.3, 0.4) is 0 Å². The quantitative estimate of drug-likeness (QED) is 0.204. The van der Waals surface area contributed by atoms with Crippen molar-refractivity contribution in [3.8, 4) is 5.75 Å². The molecule has 4 amide bonds. The standard InChI is InChI=1S/C33H31BrCl2FN3O5/c34-17-39-30(44)32(35)15-23-20(26(33(32,36)31(39)45)22-7-4-8-24(37)27(22)41)9-10-21-25(23)29(43)40(28(21)42)19-11-13-38(14-12-19)16-18-5-2-1-3-6-18/h1-9,19,21,23,25-26,41H,10-17H2/t21-,23+,25-,26+,32+,33-/m0/s1. The third-order valence-corrected chi connectivity index (χ3v) is 12.5. The predicted molar refractivity (Wildman–Crippen MR) is 168 cm³/mol. The van der Waals surface area contributed by atoms with Crippen molar-refractivity contribution in [1.82, 2.24) is 14.7 Å². The number of piperidine rings is 1. The number of carbonyl (C=O) groups excluding carboxylic acids is 4. The van der Waals surface area contributed by atoms with Crippen LogP contribution >= 0.6 is 39.1 Å². The van der Waals surface area contributed by atoms with Gasteiger partial charge in [-0.05, 0) is 43.2 Å². The average Bonchev–Trinajstić information content (AvgIpc) is 3.37. The van der Waals surface area contributed by atoms with E-state index in [0.29, 0.717) is 18.4 Å². The Bertz CT molecular complexity index is 1640. The van der Waals surface area contributed by atoms with Crippen LogP contribution in [0.15, 0.2) is 60.2 Å². The Morgan fingerprint density at radius 2 is 1.64 bits per heavy atom. The Morgan fingerprint density at radius 3 is 2.33 bits per heavy atom. The Hall–Kier alpha value is -2.79. The number of carbonyl (C=O) groups is 4. The second kappa shape index (κ2) is 11.2. The number of amides is 4. The van der Waals surface area contributed by atoms with E-state index in [1.165, 1.54) is 22.6 Å². The van der Waals surface area contributed by atoms with Crippen molar-refractivity contribution < 1.29 is 28.7 Å². The molecule has 0 aromatic heterocycles. The van der Waals surface area contributed by atoms with Crippen LogP contribution in [0.25, 0.3) is 0 Å². The first kappa shape index (κ1) is 30.8. The lowest BCUT2D eigenvalue weighted by molar-refractivity contribution is -0.144. The second-order valence-corrected chi connectivity index (χ2v) is 14.4. The lowest BCUT2D eigenvalue weighted by Gasteiger charge is -2.50. The number of para-hydroxylation sites is 1. The van der Waals surface area contributed by atoms with Crippen LogP contribution in [0, 0.1) is 23.6 Å². The van der Waals surface area contributed by atoms with Crippen molar-refractivity contribution in [3.63, 3.8) is 0 Å². The summed E-state index contributed by atoms with van der Waals surface area (Å²) in [7, 11) is 0. The third kappa shape index (κ3) is 4.38. The van der Waals surface area contributed by atoms with Crippen LogP contribution in [-0.2, 0) is 25.7 Å². The van der Waals surface area contributed by atoms with Crippen molar-refractivity contribution in [3.05, 3.63) is 77.1 Å². The Morgan fingerprint density at radius 1 is 0.933 bits per heavy atom. The number of phenols is 1. The molecule has 7 rings (SSSR count). The number of alkyl halides is 3. The van der Waals surface area contributed by atoms with Gasteiger partial charge >= 0.3 is 0 Å². The van der Waals surface area contributed by atoms with Gasteiger partial charge in [-0.25, -0.2) is 4.39 Å². The lowest BCUT2D eigenvalue weighted by Crippen LogP contribution is -2.60. The minimum atomic E-state index is -2.10. The van der Waals surface area contributed by atoms with Crippen molar-refractivity contribution in [2.45, 2.75) is 53.9 Å². The van der Waals surface area contributed by atoms with E-state index >= 15 is 0 Å². The molecule has 0 unspecified atom stereocenters. The summed E-state index contributed by atoms with van der Waals surface area (Å²) in [6.45, 7) is 2.26. The first-order valence-corrected chi connectivity index (χ1v) is 17.0. The molecule has 2 aromatic carbocycles. The van der Waals surface area contributed by atoms with Crippen molar-refractivity contribution in [1.29, 1.82) is 0 Å². The zero-order valence-corrected chi connectivity index (χ0v) is 27.3. The van der Waals surface area contributed by atoms with E-state index in [9.17, 15) is 28.7 Å². The number of imide groups is 2. The summed E-state index contributed by atoms with van der Waals surface area (Å²) in [5.74, 6) is -7.12. The molecule has 45 heavy (non-hydrogen) atoms. The highest BCUT2D eigenvalue weighted by Gasteiger charge is 2.76. The van der Waals surface area contributed by atoms with Gasteiger partial charge in [0.15, 0.2) is 21.3 Å². The Labute approximate surface area is 278 Å². The number of allylic oxidation sites excluding steroid dienone is 2. The first-order chi connectivity index (χ1) is 21.5. The van der Waals surface area contributed by atoms with E-state index in [1.54, 1.807) is 6.08 Å². The number of benzene rings is 2. The van der Waals surface area contributed by atoms with Gasteiger partial charge in [0.25, 0.3) is 11.8 Å². The number of hydrogen-bond donors (Lipinski definition) is 1. The Balaban J connectivity index is 1.22. The summed E-state index contributed by atoms with van der Waals surface area (Å²) >= 11 is 17.5. The lowest BCUT2D eigenvalue weighted by atomic mass is 9.56. The van der Waals surface area contributed by atoms with Gasteiger partial charge in [-0.2, -0.15) is 0 Å². The van der Waals surface area contributed by atoms with Crippen molar-refractivity contribution in [2.24, 2.45) is 17.8 Å².